The van der Waals surface area contributed by atoms with Gasteiger partial charge in [-0.15, -0.1) is 44.6 Å². The highest BCUT2D eigenvalue weighted by atomic mass is 35.5. The van der Waals surface area contributed by atoms with Crippen molar-refractivity contribution in [3.63, 3.8) is 0 Å². The Morgan fingerprint density at radius 1 is 0.872 bits per heavy atom. The van der Waals surface area contributed by atoms with Crippen molar-refractivity contribution < 1.29 is 43.5 Å². The number of aliphatic hydroxyl groups excluding tert-OH is 1. The van der Waals surface area contributed by atoms with Crippen LogP contribution in [0.3, 0.4) is 0 Å². The molecule has 8 rings (SSSR count). The van der Waals surface area contributed by atoms with Crippen LogP contribution in [0.15, 0.2) is 65.0 Å². The molecule has 0 radical (unpaired) electrons. The molecule has 21 nitrogen and oxygen atoms in total. The Morgan fingerprint density at radius 3 is 2.24 bits per heavy atom. The predicted octanol–water partition coefficient (Wildman–Crippen LogP) is 3.01. The van der Waals surface area contributed by atoms with E-state index in [0.717, 1.165) is 54.3 Å². The Hall–Kier alpha value is -6.99. The van der Waals surface area contributed by atoms with E-state index in [1.165, 1.54) is 27.6 Å². The normalized spacial score (nSPS) is 23.0. The highest BCUT2D eigenvalue weighted by Gasteiger charge is 2.45. The number of rotatable bonds is 8. The number of carbonyl (C=O) groups excluding carboxylic acids is 8. The third-order valence-corrected chi connectivity index (χ3v) is 17.2. The summed E-state index contributed by atoms with van der Waals surface area (Å²) in [4.78, 5) is 120. The maximum absolute atomic E-state index is 14.4. The molecule has 0 spiro atoms. The minimum atomic E-state index is -1.57. The number of nitrogens with zero attached hydrogens (tertiary/aromatic N) is 5. The number of aromatic nitrogens is 3. The first-order valence-corrected chi connectivity index (χ1v) is 28.3. The summed E-state index contributed by atoms with van der Waals surface area (Å²) >= 11 is 10.3. The lowest BCUT2D eigenvalue weighted by atomic mass is 9.85. The highest BCUT2D eigenvalue weighted by Crippen LogP contribution is 2.40. The SMILES string of the molecule is Cc1ccsc1-c1ccc([C@H]2NC(=O)[C@@H]3C[C@@H](O)CN3C(=O)[C@H](C(C)(C)C)NC(=O)CSC[C@H](C(N)=O)NC(=O)[C@@H](CNC(=O)C[C@@H]3N=C(c4ccc(Cl)cc4)c4c(sc(C)c4C)-n4c(C)nnc43)NC(=O)CNC2=O)cc1. The van der Waals surface area contributed by atoms with Crippen molar-refractivity contribution in [1.29, 1.82) is 0 Å². The number of thiophene rings is 2. The van der Waals surface area contributed by atoms with Gasteiger partial charge in [-0.05, 0) is 78.9 Å². The van der Waals surface area contributed by atoms with E-state index in [9.17, 15) is 43.5 Å². The molecule has 0 bridgehead atoms. The molecule has 3 aliphatic rings. The number of carbonyl (C=O) groups is 8. The average molecular weight is 1140 g/mol. The number of amides is 8. The van der Waals surface area contributed by atoms with Crippen LogP contribution in [0, 0.1) is 33.1 Å². The minimum absolute atomic E-state index is 0.173. The van der Waals surface area contributed by atoms with Gasteiger partial charge in [0.2, 0.25) is 47.3 Å². The topological polar surface area (TPSA) is 301 Å². The summed E-state index contributed by atoms with van der Waals surface area (Å²) in [5, 5.41) is 38.9. The Morgan fingerprint density at radius 2 is 1.58 bits per heavy atom. The first-order chi connectivity index (χ1) is 37.0. The van der Waals surface area contributed by atoms with Crippen molar-refractivity contribution >= 4 is 99.0 Å². The summed E-state index contributed by atoms with van der Waals surface area (Å²) in [7, 11) is 0. The molecule has 412 valence electrons. The van der Waals surface area contributed by atoms with Crippen molar-refractivity contribution in [2.75, 3.05) is 31.1 Å². The molecule has 78 heavy (non-hydrogen) atoms. The fourth-order valence-electron chi connectivity index (χ4n) is 9.41. The third-order valence-electron chi connectivity index (χ3n) is 13.7. The minimum Gasteiger partial charge on any atom is -0.391 e. The molecular weight excluding hydrogens is 1080 g/mol. The quantitative estimate of drug-likeness (QED) is 0.111. The van der Waals surface area contributed by atoms with Gasteiger partial charge in [-0.3, -0.25) is 47.9 Å². The van der Waals surface area contributed by atoms with Gasteiger partial charge in [-0.2, -0.15) is 0 Å². The van der Waals surface area contributed by atoms with Gasteiger partial charge in [0.25, 0.3) is 0 Å². The monoisotopic (exact) mass is 1140 g/mol. The molecule has 3 aromatic heterocycles. The van der Waals surface area contributed by atoms with Crippen LogP contribution in [0.5, 0.6) is 0 Å². The Labute approximate surface area is 467 Å². The Balaban J connectivity index is 1.08. The van der Waals surface area contributed by atoms with E-state index in [4.69, 9.17) is 22.3 Å². The van der Waals surface area contributed by atoms with Crippen molar-refractivity contribution in [3.05, 3.63) is 109 Å². The summed E-state index contributed by atoms with van der Waals surface area (Å²) in [5.74, 6) is -5.86. The number of benzene rings is 2. The molecule has 0 aliphatic carbocycles. The molecule has 3 aliphatic heterocycles. The standard InChI is InChI=1S/C53H61ClN12O9S3/c1-25-16-17-77-44(25)31-10-8-30(9-11-31)43-50(74)57-21-39(69)58-35(48(72)60-36(46(55)71)23-76-24-40(70)61-45(53(5,6)7)51(75)65-22-33(67)18-37(65)49(73)62-43)20-56-38(68)19-34-47-64-63-28(4)66(47)52-41(26(2)27(3)78-52)42(59-34)29-12-14-32(54)15-13-29/h8-17,33-37,43,45,67H,18-24H2,1-7H3,(H2,55,71)(H,56,68)(H,57,74)(H,58,69)(H,60,72)(H,61,70)(H,62,73)/t33-,34+,35-,36-,37+,43-,45-/m1/s1. The third kappa shape index (κ3) is 12.8. The van der Waals surface area contributed by atoms with E-state index in [2.05, 4.69) is 42.1 Å². The van der Waals surface area contributed by atoms with Crippen molar-refractivity contribution in [2.24, 2.45) is 16.1 Å². The summed E-state index contributed by atoms with van der Waals surface area (Å²) in [6.07, 6.45) is -1.57. The number of nitrogens with one attached hydrogen (secondary N) is 6. The van der Waals surface area contributed by atoms with Gasteiger partial charge in [0, 0.05) is 51.2 Å². The fraction of sp³-hybridized carbons (Fsp3) is 0.415. The zero-order chi connectivity index (χ0) is 56.3. The van der Waals surface area contributed by atoms with Gasteiger partial charge in [0.05, 0.1) is 30.5 Å². The maximum atomic E-state index is 14.4. The van der Waals surface area contributed by atoms with Gasteiger partial charge in [0.1, 0.15) is 47.1 Å². The molecule has 2 aromatic carbocycles. The predicted molar refractivity (Wildman–Crippen MR) is 297 cm³/mol. The molecule has 9 N–H and O–H groups in total. The maximum Gasteiger partial charge on any atom is 0.247 e. The average Bonchev–Trinajstić information content (AvgIpc) is 4.24. The summed E-state index contributed by atoms with van der Waals surface area (Å²) in [5.41, 5.74) is 10.2. The summed E-state index contributed by atoms with van der Waals surface area (Å²) in [6.45, 7) is 11.4. The first-order valence-electron chi connectivity index (χ1n) is 25.1. The van der Waals surface area contributed by atoms with Gasteiger partial charge in [-0.1, -0.05) is 68.8 Å². The molecule has 7 atom stereocenters. The number of hydrogen-bond acceptors (Lipinski definition) is 15. The Bertz CT molecular complexity index is 3190. The number of aliphatic imine (C=N–C) groups is 1. The molecule has 2 saturated heterocycles. The molecule has 0 saturated carbocycles. The fourth-order valence-corrected chi connectivity index (χ4v) is 12.6. The molecule has 0 unspecified atom stereocenters. The molecule has 8 amide bonds. The van der Waals surface area contributed by atoms with Gasteiger partial charge < -0.3 is 47.6 Å². The number of halogens is 1. The molecule has 25 heteroatoms. The molecule has 5 aromatic rings. The van der Waals surface area contributed by atoms with Crippen LogP contribution in [0.2, 0.25) is 5.02 Å². The van der Waals surface area contributed by atoms with Crippen LogP contribution >= 0.6 is 46.0 Å². The first kappa shape index (κ1) is 57.2. The Kier molecular flexibility index (Phi) is 17.6. The van der Waals surface area contributed by atoms with E-state index in [1.807, 2.05) is 48.9 Å². The number of fused-ring (bicyclic) bond motifs is 4. The van der Waals surface area contributed by atoms with Crippen molar-refractivity contribution in [1.82, 2.24) is 51.6 Å². The lowest BCUT2D eigenvalue weighted by Crippen LogP contribution is -2.58. The van der Waals surface area contributed by atoms with Crippen LogP contribution in [-0.2, 0) is 38.4 Å². The second-order valence-corrected chi connectivity index (χ2v) is 24.1. The zero-order valence-electron chi connectivity index (χ0n) is 43.9. The molecule has 2 fully saturated rings. The second-order valence-electron chi connectivity index (χ2n) is 20.5. The van der Waals surface area contributed by atoms with Crippen LogP contribution in [0.25, 0.3) is 15.4 Å². The van der Waals surface area contributed by atoms with Gasteiger partial charge >= 0.3 is 0 Å². The van der Waals surface area contributed by atoms with Crippen LogP contribution in [0.4, 0.5) is 0 Å². The van der Waals surface area contributed by atoms with E-state index >= 15 is 0 Å². The summed E-state index contributed by atoms with van der Waals surface area (Å²) in [6, 6.07) is 8.26. The number of thioether (sulfide) groups is 1. The highest BCUT2D eigenvalue weighted by molar-refractivity contribution is 8.00. The molecular formula is C53H61ClN12O9S3. The second kappa shape index (κ2) is 23.9. The van der Waals surface area contributed by atoms with Crippen LogP contribution in [0.1, 0.15) is 90.0 Å². The molecule has 6 heterocycles. The largest absolute Gasteiger partial charge is 0.391 e. The van der Waals surface area contributed by atoms with E-state index in [-0.39, 0.29) is 30.9 Å². The zero-order valence-corrected chi connectivity index (χ0v) is 47.1. The van der Waals surface area contributed by atoms with Crippen LogP contribution in [-0.4, -0.2) is 139 Å². The number of aryl methyl sites for hydroxylation is 3. The number of primary amides is 1. The number of hydrogen-bond donors (Lipinski definition) is 8. The van der Waals surface area contributed by atoms with E-state index < -0.39 is 108 Å². The summed E-state index contributed by atoms with van der Waals surface area (Å²) < 4.78 is 1.88. The van der Waals surface area contributed by atoms with Gasteiger partial charge in [-0.25, -0.2) is 0 Å². The van der Waals surface area contributed by atoms with E-state index in [1.54, 1.807) is 64.1 Å². The smallest absolute Gasteiger partial charge is 0.247 e. The van der Waals surface area contributed by atoms with E-state index in [0.29, 0.717) is 27.9 Å². The lowest BCUT2D eigenvalue weighted by molar-refractivity contribution is -0.144. The number of aliphatic hydroxyl groups is 1. The number of nitrogens with two attached hydrogens (primary N) is 1. The van der Waals surface area contributed by atoms with Crippen LogP contribution < -0.4 is 37.6 Å². The van der Waals surface area contributed by atoms with Gasteiger partial charge in [0.15, 0.2) is 5.82 Å². The van der Waals surface area contributed by atoms with Crippen molar-refractivity contribution in [3.8, 4) is 15.4 Å². The van der Waals surface area contributed by atoms with Crippen molar-refractivity contribution in [2.45, 2.75) is 104 Å². The lowest BCUT2D eigenvalue weighted by Gasteiger charge is -2.35.